The van der Waals surface area contributed by atoms with E-state index in [9.17, 15) is 4.79 Å². The Bertz CT molecular complexity index is 765. The van der Waals surface area contributed by atoms with Gasteiger partial charge < -0.3 is 5.11 Å². The van der Waals surface area contributed by atoms with E-state index < -0.39 is 5.97 Å². The lowest BCUT2D eigenvalue weighted by Gasteiger charge is -2.05. The van der Waals surface area contributed by atoms with Crippen molar-refractivity contribution in [2.75, 3.05) is 0 Å². The second-order valence-electron chi connectivity index (χ2n) is 4.09. The molecule has 0 saturated heterocycles. The van der Waals surface area contributed by atoms with Gasteiger partial charge in [-0.3, -0.25) is 5.10 Å². The zero-order valence-corrected chi connectivity index (χ0v) is 10.9. The molecule has 100 valence electrons. The number of rotatable bonds is 3. The summed E-state index contributed by atoms with van der Waals surface area (Å²) in [5.41, 5.74) is 2.03. The van der Waals surface area contributed by atoms with Gasteiger partial charge in [-0.15, -0.1) is 0 Å². The SMILES string of the molecule is O=C(O)c1cc(-c2ccc(-n3cccn3)c(Cl)c2)n[nH]1. The smallest absolute Gasteiger partial charge is 0.353 e. The predicted molar refractivity (Wildman–Crippen MR) is 73.1 cm³/mol. The number of carboxylic acid groups (broad SMARTS) is 1. The third-order valence-corrected chi connectivity index (χ3v) is 3.11. The highest BCUT2D eigenvalue weighted by Crippen LogP contribution is 2.26. The molecule has 2 aromatic heterocycles. The molecule has 0 radical (unpaired) electrons. The van der Waals surface area contributed by atoms with Gasteiger partial charge in [-0.1, -0.05) is 17.7 Å². The monoisotopic (exact) mass is 288 g/mol. The molecule has 7 heteroatoms. The van der Waals surface area contributed by atoms with Crippen LogP contribution in [0.5, 0.6) is 0 Å². The molecular formula is C13H9ClN4O2. The molecular weight excluding hydrogens is 280 g/mol. The zero-order valence-electron chi connectivity index (χ0n) is 10.1. The first-order valence-electron chi connectivity index (χ1n) is 5.74. The Kier molecular flexibility index (Phi) is 3.00. The number of hydrogen-bond acceptors (Lipinski definition) is 3. The first kappa shape index (κ1) is 12.4. The van der Waals surface area contributed by atoms with Gasteiger partial charge in [0.15, 0.2) is 0 Å². The molecule has 2 N–H and O–H groups in total. The molecule has 3 aromatic rings. The maximum Gasteiger partial charge on any atom is 0.353 e. The van der Waals surface area contributed by atoms with Gasteiger partial charge in [0.05, 0.1) is 16.4 Å². The third-order valence-electron chi connectivity index (χ3n) is 2.80. The van der Waals surface area contributed by atoms with E-state index in [1.54, 1.807) is 35.3 Å². The van der Waals surface area contributed by atoms with Crippen LogP contribution < -0.4 is 0 Å². The minimum atomic E-state index is -1.05. The van der Waals surface area contributed by atoms with E-state index in [1.165, 1.54) is 6.07 Å². The molecule has 0 spiro atoms. The quantitative estimate of drug-likeness (QED) is 0.776. The first-order valence-corrected chi connectivity index (χ1v) is 6.11. The Labute approximate surface area is 118 Å². The van der Waals surface area contributed by atoms with Gasteiger partial charge in [0.1, 0.15) is 5.69 Å². The van der Waals surface area contributed by atoms with Crippen LogP contribution in [0.1, 0.15) is 10.5 Å². The molecule has 0 amide bonds. The van der Waals surface area contributed by atoms with Crippen LogP contribution >= 0.6 is 11.6 Å². The number of nitrogens with one attached hydrogen (secondary N) is 1. The fourth-order valence-corrected chi connectivity index (χ4v) is 2.11. The van der Waals surface area contributed by atoms with E-state index in [1.807, 2.05) is 6.07 Å². The summed E-state index contributed by atoms with van der Waals surface area (Å²) in [5.74, 6) is -1.05. The van der Waals surface area contributed by atoms with Crippen LogP contribution in [0.2, 0.25) is 5.02 Å². The van der Waals surface area contributed by atoms with Crippen molar-refractivity contribution >= 4 is 17.6 Å². The van der Waals surface area contributed by atoms with Crippen LogP contribution in [-0.4, -0.2) is 31.1 Å². The Morgan fingerprint density at radius 1 is 1.35 bits per heavy atom. The maximum absolute atomic E-state index is 10.8. The fraction of sp³-hybridized carbons (Fsp3) is 0. The number of benzene rings is 1. The average Bonchev–Trinajstić information content (AvgIpc) is 3.10. The van der Waals surface area contributed by atoms with Crippen LogP contribution in [0.15, 0.2) is 42.7 Å². The Balaban J connectivity index is 1.99. The van der Waals surface area contributed by atoms with Crippen molar-refractivity contribution in [1.29, 1.82) is 0 Å². The van der Waals surface area contributed by atoms with Crippen molar-refractivity contribution in [3.63, 3.8) is 0 Å². The van der Waals surface area contributed by atoms with Gasteiger partial charge in [0, 0.05) is 18.0 Å². The van der Waals surface area contributed by atoms with Crippen LogP contribution in [0, 0.1) is 0 Å². The van der Waals surface area contributed by atoms with Crippen molar-refractivity contribution in [1.82, 2.24) is 20.0 Å². The van der Waals surface area contributed by atoms with Crippen LogP contribution in [-0.2, 0) is 0 Å². The number of hydrogen-bond donors (Lipinski definition) is 2. The van der Waals surface area contributed by atoms with E-state index >= 15 is 0 Å². The topological polar surface area (TPSA) is 83.8 Å². The number of H-pyrrole nitrogens is 1. The first-order chi connectivity index (χ1) is 9.65. The number of carbonyl (C=O) groups is 1. The Morgan fingerprint density at radius 2 is 2.20 bits per heavy atom. The Hall–Kier alpha value is -2.60. The van der Waals surface area contributed by atoms with Gasteiger partial charge in [-0.2, -0.15) is 10.2 Å². The molecule has 0 aliphatic carbocycles. The van der Waals surface area contributed by atoms with Gasteiger partial charge in [0.2, 0.25) is 0 Å². The minimum Gasteiger partial charge on any atom is -0.477 e. The van der Waals surface area contributed by atoms with Crippen molar-refractivity contribution in [2.45, 2.75) is 0 Å². The van der Waals surface area contributed by atoms with E-state index in [0.717, 1.165) is 11.3 Å². The van der Waals surface area contributed by atoms with E-state index in [4.69, 9.17) is 16.7 Å². The third kappa shape index (κ3) is 2.17. The van der Waals surface area contributed by atoms with E-state index in [2.05, 4.69) is 15.3 Å². The molecule has 0 bridgehead atoms. The van der Waals surface area contributed by atoms with Gasteiger partial charge in [-0.05, 0) is 24.3 Å². The molecule has 0 atom stereocenters. The summed E-state index contributed by atoms with van der Waals surface area (Å²) in [6, 6.07) is 8.60. The van der Waals surface area contributed by atoms with Gasteiger partial charge in [-0.25, -0.2) is 9.48 Å². The molecule has 20 heavy (non-hydrogen) atoms. The molecule has 0 fully saturated rings. The maximum atomic E-state index is 10.8. The molecule has 1 aromatic carbocycles. The number of aromatic carboxylic acids is 1. The second-order valence-corrected chi connectivity index (χ2v) is 4.50. The van der Waals surface area contributed by atoms with Crippen molar-refractivity contribution in [3.05, 3.63) is 53.4 Å². The number of aromatic amines is 1. The number of carboxylic acids is 1. The van der Waals surface area contributed by atoms with Crippen molar-refractivity contribution in [3.8, 4) is 16.9 Å². The molecule has 0 unspecified atom stereocenters. The number of aromatic nitrogens is 4. The highest BCUT2D eigenvalue weighted by molar-refractivity contribution is 6.32. The van der Waals surface area contributed by atoms with E-state index in [0.29, 0.717) is 10.7 Å². The van der Waals surface area contributed by atoms with Crippen LogP contribution in [0.3, 0.4) is 0 Å². The number of halogens is 1. The Morgan fingerprint density at radius 3 is 2.80 bits per heavy atom. The highest BCUT2D eigenvalue weighted by Gasteiger charge is 2.11. The lowest BCUT2D eigenvalue weighted by atomic mass is 10.1. The van der Waals surface area contributed by atoms with Crippen LogP contribution in [0.25, 0.3) is 16.9 Å². The zero-order chi connectivity index (χ0) is 14.1. The summed E-state index contributed by atoms with van der Waals surface area (Å²) < 4.78 is 1.65. The highest BCUT2D eigenvalue weighted by atomic mass is 35.5. The standard InChI is InChI=1S/C13H9ClN4O2/c14-9-6-8(10-7-11(13(19)20)17-16-10)2-3-12(9)18-5-1-4-15-18/h1-7H,(H,16,17)(H,19,20). The lowest BCUT2D eigenvalue weighted by Crippen LogP contribution is -1.95. The van der Waals surface area contributed by atoms with Crippen molar-refractivity contribution in [2.24, 2.45) is 0 Å². The predicted octanol–water partition coefficient (Wildman–Crippen LogP) is 2.61. The summed E-state index contributed by atoms with van der Waals surface area (Å²) in [4.78, 5) is 10.8. The molecule has 2 heterocycles. The summed E-state index contributed by atoms with van der Waals surface area (Å²) >= 11 is 6.22. The summed E-state index contributed by atoms with van der Waals surface area (Å²) in [6.07, 6.45) is 3.45. The minimum absolute atomic E-state index is 0.0345. The lowest BCUT2D eigenvalue weighted by molar-refractivity contribution is 0.0690. The summed E-state index contributed by atoms with van der Waals surface area (Å²) in [6.45, 7) is 0. The molecule has 3 rings (SSSR count). The second kappa shape index (κ2) is 4.82. The molecule has 0 saturated carbocycles. The summed E-state index contributed by atoms with van der Waals surface area (Å²) in [5, 5.41) is 19.9. The number of nitrogens with zero attached hydrogens (tertiary/aromatic N) is 3. The molecule has 0 aliphatic rings. The largest absolute Gasteiger partial charge is 0.477 e. The van der Waals surface area contributed by atoms with Gasteiger partial charge >= 0.3 is 5.97 Å². The van der Waals surface area contributed by atoms with E-state index in [-0.39, 0.29) is 5.69 Å². The normalized spacial score (nSPS) is 10.7. The fourth-order valence-electron chi connectivity index (χ4n) is 1.84. The molecule has 6 nitrogen and oxygen atoms in total. The average molecular weight is 289 g/mol. The summed E-state index contributed by atoms with van der Waals surface area (Å²) in [7, 11) is 0. The molecule has 0 aliphatic heterocycles. The van der Waals surface area contributed by atoms with Crippen LogP contribution in [0.4, 0.5) is 0 Å². The van der Waals surface area contributed by atoms with Gasteiger partial charge in [0.25, 0.3) is 0 Å². The van der Waals surface area contributed by atoms with Crippen molar-refractivity contribution < 1.29 is 9.90 Å².